The Morgan fingerprint density at radius 1 is 1.19 bits per heavy atom. The Bertz CT molecular complexity index is 789. The van der Waals surface area contributed by atoms with Gasteiger partial charge in [-0.1, -0.05) is 6.07 Å². The fourth-order valence-corrected chi connectivity index (χ4v) is 2.93. The first-order valence-corrected chi connectivity index (χ1v) is 8.50. The lowest BCUT2D eigenvalue weighted by Crippen LogP contribution is -2.26. The molecule has 0 fully saturated rings. The minimum Gasteiger partial charge on any atom is -0.367 e. The largest absolute Gasteiger partial charge is 0.421 e. The molecule has 0 aliphatic carbocycles. The number of benzene rings is 1. The van der Waals surface area contributed by atoms with Gasteiger partial charge in [-0.3, -0.25) is 0 Å². The van der Waals surface area contributed by atoms with E-state index in [0.29, 0.717) is 0 Å². The summed E-state index contributed by atoms with van der Waals surface area (Å²) in [4.78, 5) is 10.1. The van der Waals surface area contributed by atoms with Crippen LogP contribution in [0.3, 0.4) is 0 Å². The molecule has 0 bridgehead atoms. The number of likely N-dealkylation sites (N-methyl/N-ethyl adjacent to an activating group) is 1. The second kappa shape index (κ2) is 7.11. The molecule has 8 heteroatoms. The third kappa shape index (κ3) is 4.24. The van der Waals surface area contributed by atoms with Crippen LogP contribution in [0.25, 0.3) is 0 Å². The van der Waals surface area contributed by atoms with Crippen LogP contribution in [0.5, 0.6) is 0 Å². The van der Waals surface area contributed by atoms with Gasteiger partial charge < -0.3 is 15.5 Å². The summed E-state index contributed by atoms with van der Waals surface area (Å²) in [6.45, 7) is 5.40. The molecule has 1 aliphatic rings. The number of anilines is 3. The van der Waals surface area contributed by atoms with Crippen molar-refractivity contribution < 1.29 is 13.2 Å². The third-order valence-electron chi connectivity index (χ3n) is 4.19. The summed E-state index contributed by atoms with van der Waals surface area (Å²) in [6.07, 6.45) is -2.75. The van der Waals surface area contributed by atoms with Gasteiger partial charge in [-0.25, -0.2) is 4.98 Å². The quantitative estimate of drug-likeness (QED) is 0.856. The van der Waals surface area contributed by atoms with Crippen molar-refractivity contribution in [1.29, 1.82) is 0 Å². The second-order valence-corrected chi connectivity index (χ2v) is 6.85. The van der Waals surface area contributed by atoms with Crippen LogP contribution in [0.4, 0.5) is 30.6 Å². The van der Waals surface area contributed by atoms with Crippen molar-refractivity contribution in [2.24, 2.45) is 0 Å². The van der Waals surface area contributed by atoms with Crippen LogP contribution in [0.2, 0.25) is 0 Å². The number of hydrogen-bond acceptors (Lipinski definition) is 5. The van der Waals surface area contributed by atoms with Crippen molar-refractivity contribution in [2.45, 2.75) is 39.0 Å². The predicted molar refractivity (Wildman–Crippen MR) is 95.6 cm³/mol. The van der Waals surface area contributed by atoms with Gasteiger partial charge in [0.15, 0.2) is 0 Å². The Kier molecular flexibility index (Phi) is 5.04. The van der Waals surface area contributed by atoms with E-state index in [4.69, 9.17) is 0 Å². The highest BCUT2D eigenvalue weighted by Gasteiger charge is 2.35. The summed E-state index contributed by atoms with van der Waals surface area (Å²) in [5, 5.41) is 5.76. The third-order valence-corrected chi connectivity index (χ3v) is 4.19. The van der Waals surface area contributed by atoms with E-state index < -0.39 is 11.7 Å². The van der Waals surface area contributed by atoms with Crippen molar-refractivity contribution in [3.63, 3.8) is 0 Å². The molecule has 0 radical (unpaired) electrons. The van der Waals surface area contributed by atoms with Crippen molar-refractivity contribution in [3.8, 4) is 0 Å². The highest BCUT2D eigenvalue weighted by molar-refractivity contribution is 5.59. The zero-order valence-corrected chi connectivity index (χ0v) is 15.0. The predicted octanol–water partition coefficient (Wildman–Crippen LogP) is 4.05. The number of hydrogen-bond donors (Lipinski definition) is 2. The van der Waals surface area contributed by atoms with Gasteiger partial charge in [-0.15, -0.1) is 0 Å². The number of aromatic nitrogens is 2. The molecule has 1 aromatic heterocycles. The SMILES string of the molecule is CC(C)Nc1nc(Nc2ccc3c(c2)CCN(C)C3)ncc1C(F)(F)F. The number of nitrogens with one attached hydrogen (secondary N) is 2. The van der Waals surface area contributed by atoms with Crippen molar-refractivity contribution >= 4 is 17.5 Å². The van der Waals surface area contributed by atoms with E-state index in [2.05, 4.69) is 32.5 Å². The molecule has 0 saturated carbocycles. The zero-order chi connectivity index (χ0) is 18.9. The molecule has 5 nitrogen and oxygen atoms in total. The maximum atomic E-state index is 13.1. The maximum Gasteiger partial charge on any atom is 0.421 e. The molecular weight excluding hydrogens is 343 g/mol. The first kappa shape index (κ1) is 18.4. The Morgan fingerprint density at radius 2 is 1.96 bits per heavy atom. The highest BCUT2D eigenvalue weighted by Crippen LogP contribution is 2.34. The molecule has 2 N–H and O–H groups in total. The number of rotatable bonds is 4. The number of fused-ring (bicyclic) bond motifs is 1. The van der Waals surface area contributed by atoms with Gasteiger partial charge in [0.2, 0.25) is 5.95 Å². The lowest BCUT2D eigenvalue weighted by atomic mass is 9.99. The summed E-state index contributed by atoms with van der Waals surface area (Å²) in [7, 11) is 2.08. The Labute approximate surface area is 150 Å². The minimum absolute atomic E-state index is 0.133. The van der Waals surface area contributed by atoms with E-state index in [-0.39, 0.29) is 17.8 Å². The van der Waals surface area contributed by atoms with E-state index in [1.54, 1.807) is 13.8 Å². The average molecular weight is 365 g/mol. The summed E-state index contributed by atoms with van der Waals surface area (Å²) in [5.41, 5.74) is 2.40. The fourth-order valence-electron chi connectivity index (χ4n) is 2.93. The van der Waals surface area contributed by atoms with E-state index in [9.17, 15) is 13.2 Å². The highest BCUT2D eigenvalue weighted by atomic mass is 19.4. The van der Waals surface area contributed by atoms with Gasteiger partial charge in [0.1, 0.15) is 11.4 Å². The van der Waals surface area contributed by atoms with E-state index in [0.717, 1.165) is 31.4 Å². The molecule has 0 amide bonds. The molecule has 0 atom stereocenters. The van der Waals surface area contributed by atoms with Crippen molar-refractivity contribution in [2.75, 3.05) is 24.2 Å². The van der Waals surface area contributed by atoms with Crippen LogP contribution in [-0.2, 0) is 19.1 Å². The summed E-state index contributed by atoms with van der Waals surface area (Å²) in [5.74, 6) is -0.0846. The van der Waals surface area contributed by atoms with Crippen LogP contribution < -0.4 is 10.6 Å². The molecule has 1 aromatic carbocycles. The molecule has 140 valence electrons. The van der Waals surface area contributed by atoms with Crippen LogP contribution in [0.1, 0.15) is 30.5 Å². The standard InChI is InChI=1S/C18H22F3N5/c1-11(2)23-16-15(18(19,20)21)9-22-17(25-16)24-14-5-4-13-10-26(3)7-6-12(13)8-14/h4-5,8-9,11H,6-7,10H2,1-3H3,(H2,22,23,24,25). The van der Waals surface area contributed by atoms with Crippen LogP contribution >= 0.6 is 0 Å². The minimum atomic E-state index is -4.51. The normalized spacial score (nSPS) is 15.0. The molecule has 1 aliphatic heterocycles. The Morgan fingerprint density at radius 3 is 2.65 bits per heavy atom. The van der Waals surface area contributed by atoms with Gasteiger partial charge >= 0.3 is 6.18 Å². The molecule has 0 saturated heterocycles. The number of halogens is 3. The average Bonchev–Trinajstić information content (AvgIpc) is 2.53. The lowest BCUT2D eigenvalue weighted by Gasteiger charge is -2.25. The van der Waals surface area contributed by atoms with Crippen LogP contribution in [0.15, 0.2) is 24.4 Å². The van der Waals surface area contributed by atoms with Crippen molar-refractivity contribution in [1.82, 2.24) is 14.9 Å². The number of nitrogens with zero attached hydrogens (tertiary/aromatic N) is 3. The van der Waals surface area contributed by atoms with E-state index >= 15 is 0 Å². The van der Waals surface area contributed by atoms with E-state index in [1.165, 1.54) is 11.1 Å². The maximum absolute atomic E-state index is 13.1. The molecule has 2 aromatic rings. The summed E-state index contributed by atoms with van der Waals surface area (Å²) in [6, 6.07) is 5.76. The monoisotopic (exact) mass is 365 g/mol. The topological polar surface area (TPSA) is 53.1 Å². The van der Waals surface area contributed by atoms with Crippen LogP contribution in [-0.4, -0.2) is 34.5 Å². The Hall–Kier alpha value is -2.35. The molecule has 0 spiro atoms. The van der Waals surface area contributed by atoms with E-state index in [1.807, 2.05) is 18.2 Å². The molecule has 26 heavy (non-hydrogen) atoms. The first-order valence-electron chi connectivity index (χ1n) is 8.50. The molecule has 0 unspecified atom stereocenters. The molecular formula is C18H22F3N5. The smallest absolute Gasteiger partial charge is 0.367 e. The number of alkyl halides is 3. The second-order valence-electron chi connectivity index (χ2n) is 6.85. The zero-order valence-electron chi connectivity index (χ0n) is 15.0. The molecule has 3 rings (SSSR count). The van der Waals surface area contributed by atoms with Crippen LogP contribution in [0, 0.1) is 0 Å². The molecule has 2 heterocycles. The van der Waals surface area contributed by atoms with Gasteiger partial charge in [-0.2, -0.15) is 18.2 Å². The fraction of sp³-hybridized carbons (Fsp3) is 0.444. The summed E-state index contributed by atoms with van der Waals surface area (Å²) >= 11 is 0. The first-order chi connectivity index (χ1) is 12.2. The van der Waals surface area contributed by atoms with Gasteiger partial charge in [0, 0.05) is 31.0 Å². The van der Waals surface area contributed by atoms with Crippen molar-refractivity contribution in [3.05, 3.63) is 41.1 Å². The van der Waals surface area contributed by atoms with Gasteiger partial charge in [0.05, 0.1) is 0 Å². The van der Waals surface area contributed by atoms with Gasteiger partial charge in [0.25, 0.3) is 0 Å². The Balaban J connectivity index is 1.86. The van der Waals surface area contributed by atoms with Gasteiger partial charge in [-0.05, 0) is 50.6 Å². The lowest BCUT2D eigenvalue weighted by molar-refractivity contribution is -0.137. The summed E-state index contributed by atoms with van der Waals surface area (Å²) < 4.78 is 39.4.